The third-order valence-corrected chi connectivity index (χ3v) is 6.56. The molecule has 2 nitrogen and oxygen atoms in total. The van der Waals surface area contributed by atoms with Crippen LogP contribution >= 0.6 is 0 Å². The fourth-order valence-corrected chi connectivity index (χ4v) is 4.64. The van der Waals surface area contributed by atoms with E-state index in [0.717, 1.165) is 44.4 Å². The van der Waals surface area contributed by atoms with Crippen molar-refractivity contribution in [1.29, 1.82) is 0 Å². The molecule has 2 fully saturated rings. The molecule has 146 valence electrons. The zero-order valence-electron chi connectivity index (χ0n) is 16.5. The average molecular weight is 355 g/mol. The summed E-state index contributed by atoms with van der Waals surface area (Å²) in [5, 5.41) is 0. The first-order valence-electron chi connectivity index (χ1n) is 11.0. The van der Waals surface area contributed by atoms with Crippen molar-refractivity contribution in [3.05, 3.63) is 0 Å². The van der Waals surface area contributed by atoms with Crippen molar-refractivity contribution in [2.24, 2.45) is 17.8 Å². The molecule has 0 radical (unpaired) electrons. The molecule has 0 aromatic carbocycles. The Morgan fingerprint density at radius 2 is 1.60 bits per heavy atom. The first-order valence-corrected chi connectivity index (χ1v) is 11.0. The molecule has 25 heavy (non-hydrogen) atoms. The number of alkyl halides is 1. The molecule has 3 atom stereocenters. The second kappa shape index (κ2) is 11.2. The highest BCUT2D eigenvalue weighted by molar-refractivity contribution is 5.72. The van der Waals surface area contributed by atoms with Gasteiger partial charge in [0.2, 0.25) is 0 Å². The Hall–Kier alpha value is -0.600. The van der Waals surface area contributed by atoms with Crippen LogP contribution in [0.1, 0.15) is 104 Å². The molecular weight excluding hydrogens is 315 g/mol. The number of rotatable bonds is 9. The van der Waals surface area contributed by atoms with E-state index in [1.54, 1.807) is 0 Å². The monoisotopic (exact) mass is 354 g/mol. The molecule has 0 aromatic heterocycles. The molecule has 0 amide bonds. The van der Waals surface area contributed by atoms with E-state index in [1.807, 2.05) is 0 Å². The topological polar surface area (TPSA) is 26.3 Å². The van der Waals surface area contributed by atoms with Crippen molar-refractivity contribution in [3.8, 4) is 0 Å². The zero-order chi connectivity index (χ0) is 18.1. The molecule has 2 saturated carbocycles. The van der Waals surface area contributed by atoms with Gasteiger partial charge in [0.05, 0.1) is 5.92 Å². The van der Waals surface area contributed by atoms with Gasteiger partial charge in [-0.15, -0.1) is 0 Å². The van der Waals surface area contributed by atoms with Crippen LogP contribution in [0.4, 0.5) is 4.39 Å². The number of carbonyl (C=O) groups is 1. The van der Waals surface area contributed by atoms with Crippen LogP contribution in [0.3, 0.4) is 0 Å². The van der Waals surface area contributed by atoms with Crippen LogP contribution in [-0.2, 0) is 9.53 Å². The van der Waals surface area contributed by atoms with E-state index in [9.17, 15) is 9.18 Å². The summed E-state index contributed by atoms with van der Waals surface area (Å²) in [6.07, 6.45) is 14.1. The summed E-state index contributed by atoms with van der Waals surface area (Å²) in [6, 6.07) is 0. The highest BCUT2D eigenvalue weighted by Gasteiger charge is 2.35. The van der Waals surface area contributed by atoms with Gasteiger partial charge >= 0.3 is 5.97 Å². The first kappa shape index (κ1) is 20.7. The number of esters is 1. The normalized spacial score (nSPS) is 33.2. The summed E-state index contributed by atoms with van der Waals surface area (Å²) >= 11 is 0. The maximum atomic E-state index is 14.2. The quantitative estimate of drug-likeness (QED) is 0.344. The van der Waals surface area contributed by atoms with E-state index in [-0.39, 0.29) is 11.9 Å². The fourth-order valence-electron chi connectivity index (χ4n) is 4.64. The number of carbonyl (C=O) groups excluding carboxylic acids is 1. The predicted octanol–water partition coefficient (Wildman–Crippen LogP) is 6.61. The van der Waals surface area contributed by atoms with Gasteiger partial charge in [0.1, 0.15) is 12.3 Å². The van der Waals surface area contributed by atoms with Gasteiger partial charge in [-0.05, 0) is 56.8 Å². The number of halogens is 1. The second-order valence-corrected chi connectivity index (χ2v) is 8.50. The van der Waals surface area contributed by atoms with Gasteiger partial charge in [-0.25, -0.2) is 4.39 Å². The lowest BCUT2D eigenvalue weighted by Gasteiger charge is -2.33. The van der Waals surface area contributed by atoms with E-state index in [2.05, 4.69) is 13.8 Å². The van der Waals surface area contributed by atoms with Crippen molar-refractivity contribution in [3.63, 3.8) is 0 Å². The van der Waals surface area contributed by atoms with Crippen molar-refractivity contribution in [1.82, 2.24) is 0 Å². The maximum Gasteiger partial charge on any atom is 0.309 e. The highest BCUT2D eigenvalue weighted by atomic mass is 19.1. The predicted molar refractivity (Wildman–Crippen MR) is 101 cm³/mol. The Morgan fingerprint density at radius 1 is 0.920 bits per heavy atom. The molecule has 0 aliphatic heterocycles. The molecule has 2 aliphatic carbocycles. The van der Waals surface area contributed by atoms with Crippen LogP contribution in [0.5, 0.6) is 0 Å². The Bertz CT molecular complexity index is 376. The minimum absolute atomic E-state index is 0.0208. The summed E-state index contributed by atoms with van der Waals surface area (Å²) in [5.74, 6) is 1.16. The van der Waals surface area contributed by atoms with E-state index in [4.69, 9.17) is 4.74 Å². The molecule has 0 spiro atoms. The van der Waals surface area contributed by atoms with E-state index in [0.29, 0.717) is 18.8 Å². The Labute approximate surface area is 154 Å². The lowest BCUT2D eigenvalue weighted by molar-refractivity contribution is -0.161. The SMILES string of the molecule is CCCCCCCC1CCC(C(=O)OC2CCC(CC)CC2F)CC1. The third kappa shape index (κ3) is 6.90. The van der Waals surface area contributed by atoms with Crippen molar-refractivity contribution >= 4 is 5.97 Å². The largest absolute Gasteiger partial charge is 0.459 e. The summed E-state index contributed by atoms with van der Waals surface area (Å²) in [5.41, 5.74) is 0. The van der Waals surface area contributed by atoms with Crippen LogP contribution in [-0.4, -0.2) is 18.2 Å². The summed E-state index contributed by atoms with van der Waals surface area (Å²) in [4.78, 5) is 12.4. The number of ether oxygens (including phenoxy) is 1. The molecule has 0 N–H and O–H groups in total. The minimum atomic E-state index is -0.956. The minimum Gasteiger partial charge on any atom is -0.459 e. The average Bonchev–Trinajstić information content (AvgIpc) is 2.63. The molecule has 0 heterocycles. The molecule has 0 bridgehead atoms. The van der Waals surface area contributed by atoms with Crippen molar-refractivity contribution in [2.75, 3.05) is 0 Å². The van der Waals surface area contributed by atoms with Crippen LogP contribution in [0, 0.1) is 17.8 Å². The molecule has 3 heteroatoms. The van der Waals surface area contributed by atoms with Gasteiger partial charge in [-0.1, -0.05) is 58.8 Å². The van der Waals surface area contributed by atoms with Crippen LogP contribution in [0.15, 0.2) is 0 Å². The number of hydrogen-bond donors (Lipinski definition) is 0. The van der Waals surface area contributed by atoms with Crippen molar-refractivity contribution < 1.29 is 13.9 Å². The van der Waals surface area contributed by atoms with E-state index < -0.39 is 12.3 Å². The molecule has 0 saturated heterocycles. The number of hydrogen-bond acceptors (Lipinski definition) is 2. The summed E-state index contributed by atoms with van der Waals surface area (Å²) in [6.45, 7) is 4.37. The maximum absolute atomic E-state index is 14.2. The van der Waals surface area contributed by atoms with E-state index >= 15 is 0 Å². The lowest BCUT2D eigenvalue weighted by atomic mass is 9.79. The number of unbranched alkanes of at least 4 members (excludes halogenated alkanes) is 4. The second-order valence-electron chi connectivity index (χ2n) is 8.50. The molecule has 2 aliphatic rings. The van der Waals surface area contributed by atoms with Gasteiger partial charge in [0.15, 0.2) is 0 Å². The molecule has 0 aromatic rings. The summed E-state index contributed by atoms with van der Waals surface area (Å²) < 4.78 is 19.8. The lowest BCUT2D eigenvalue weighted by Crippen LogP contribution is -2.37. The van der Waals surface area contributed by atoms with E-state index in [1.165, 1.54) is 38.5 Å². The van der Waals surface area contributed by atoms with Crippen molar-refractivity contribution in [2.45, 2.75) is 116 Å². The zero-order valence-corrected chi connectivity index (χ0v) is 16.5. The highest BCUT2D eigenvalue weighted by Crippen LogP contribution is 2.35. The van der Waals surface area contributed by atoms with Gasteiger partial charge in [0.25, 0.3) is 0 Å². The van der Waals surface area contributed by atoms with Gasteiger partial charge < -0.3 is 4.74 Å². The van der Waals surface area contributed by atoms with Gasteiger partial charge in [-0.3, -0.25) is 4.79 Å². The Balaban J connectivity index is 1.62. The van der Waals surface area contributed by atoms with Crippen LogP contribution in [0.25, 0.3) is 0 Å². The van der Waals surface area contributed by atoms with Gasteiger partial charge in [-0.2, -0.15) is 0 Å². The first-order chi connectivity index (χ1) is 12.1. The smallest absolute Gasteiger partial charge is 0.309 e. The fraction of sp³-hybridized carbons (Fsp3) is 0.955. The van der Waals surface area contributed by atoms with Crippen LogP contribution < -0.4 is 0 Å². The summed E-state index contributed by atoms with van der Waals surface area (Å²) in [7, 11) is 0. The standard InChI is InChI=1S/C22H39FO2/c1-3-5-6-7-8-9-18-10-13-19(14-11-18)22(24)25-21-15-12-17(4-2)16-20(21)23/h17-21H,3-16H2,1-2H3. The Kier molecular flexibility index (Phi) is 9.26. The molecular formula is C22H39FO2. The Morgan fingerprint density at radius 3 is 2.24 bits per heavy atom. The van der Waals surface area contributed by atoms with Gasteiger partial charge in [0, 0.05) is 0 Å². The third-order valence-electron chi connectivity index (χ3n) is 6.56. The molecule has 2 rings (SSSR count). The van der Waals surface area contributed by atoms with Crippen LogP contribution in [0.2, 0.25) is 0 Å². The molecule has 3 unspecified atom stereocenters.